The highest BCUT2D eigenvalue weighted by Gasteiger charge is 2.21. The summed E-state index contributed by atoms with van der Waals surface area (Å²) >= 11 is 0. The van der Waals surface area contributed by atoms with Crippen LogP contribution < -0.4 is 10.2 Å². The first-order valence-electron chi connectivity index (χ1n) is 9.28. The largest absolute Gasteiger partial charge is 0.366 e. The minimum absolute atomic E-state index is 0.153. The van der Waals surface area contributed by atoms with Gasteiger partial charge in [-0.05, 0) is 31.5 Å². The van der Waals surface area contributed by atoms with E-state index in [1.54, 1.807) is 12.3 Å². The van der Waals surface area contributed by atoms with E-state index in [0.29, 0.717) is 5.69 Å². The summed E-state index contributed by atoms with van der Waals surface area (Å²) in [5.41, 5.74) is 0.688. The van der Waals surface area contributed by atoms with Crippen molar-refractivity contribution in [3.8, 4) is 0 Å². The van der Waals surface area contributed by atoms with E-state index in [9.17, 15) is 4.39 Å². The Balaban J connectivity index is 1.52. The van der Waals surface area contributed by atoms with Crippen LogP contribution in [0.25, 0.3) is 0 Å². The zero-order valence-corrected chi connectivity index (χ0v) is 15.3. The first kappa shape index (κ1) is 18.2. The molecule has 140 valence electrons. The Bertz CT molecular complexity index is 692. The van der Waals surface area contributed by atoms with Crippen LogP contribution in [-0.2, 0) is 6.54 Å². The molecule has 2 aromatic rings. The molecule has 1 N–H and O–H groups in total. The fourth-order valence-corrected chi connectivity index (χ4v) is 3.14. The zero-order chi connectivity index (χ0) is 18.2. The van der Waals surface area contributed by atoms with Crippen LogP contribution in [0.5, 0.6) is 0 Å². The Labute approximate surface area is 154 Å². The van der Waals surface area contributed by atoms with E-state index in [1.807, 2.05) is 29.1 Å². The minimum atomic E-state index is -0.153. The molecule has 0 radical (unpaired) electrons. The van der Waals surface area contributed by atoms with Gasteiger partial charge >= 0.3 is 0 Å². The van der Waals surface area contributed by atoms with Crippen molar-refractivity contribution in [1.82, 2.24) is 20.0 Å². The third kappa shape index (κ3) is 4.74. The second kappa shape index (κ2) is 9.22. The molecular formula is C19H27FN6. The van der Waals surface area contributed by atoms with Crippen LogP contribution in [0, 0.1) is 5.82 Å². The number of rotatable bonds is 6. The minimum Gasteiger partial charge on any atom is -0.366 e. The van der Waals surface area contributed by atoms with Crippen LogP contribution in [0.15, 0.2) is 47.7 Å². The van der Waals surface area contributed by atoms with Gasteiger partial charge in [0.15, 0.2) is 5.96 Å². The predicted molar refractivity (Wildman–Crippen MR) is 103 cm³/mol. The summed E-state index contributed by atoms with van der Waals surface area (Å²) in [4.78, 5) is 9.11. The van der Waals surface area contributed by atoms with Crippen molar-refractivity contribution < 1.29 is 4.39 Å². The molecule has 0 aliphatic carbocycles. The molecule has 0 atom stereocenters. The van der Waals surface area contributed by atoms with Gasteiger partial charge in [0.05, 0.1) is 5.69 Å². The van der Waals surface area contributed by atoms with Gasteiger partial charge in [-0.25, -0.2) is 4.39 Å². The molecule has 1 fully saturated rings. The van der Waals surface area contributed by atoms with Crippen molar-refractivity contribution in [3.63, 3.8) is 0 Å². The first-order chi connectivity index (χ1) is 12.8. The maximum absolute atomic E-state index is 14.0. The number of nitrogens with zero attached hydrogens (tertiary/aromatic N) is 5. The summed E-state index contributed by atoms with van der Waals surface area (Å²) in [6.07, 6.45) is 4.71. The van der Waals surface area contributed by atoms with E-state index in [2.05, 4.69) is 27.1 Å². The topological polar surface area (TPSA) is 48.7 Å². The Hall–Kier alpha value is -2.57. The molecule has 6 nitrogen and oxygen atoms in total. The molecule has 0 amide bonds. The Kier molecular flexibility index (Phi) is 6.46. The molecule has 0 saturated carbocycles. The van der Waals surface area contributed by atoms with Crippen molar-refractivity contribution in [2.75, 3.05) is 44.2 Å². The molecule has 1 aliphatic heterocycles. The van der Waals surface area contributed by atoms with Gasteiger partial charge in [0.25, 0.3) is 0 Å². The Morgan fingerprint density at radius 1 is 1.19 bits per heavy atom. The number of nitrogens with one attached hydrogen (secondary N) is 1. The number of benzene rings is 1. The lowest BCUT2D eigenvalue weighted by atomic mass is 10.2. The summed E-state index contributed by atoms with van der Waals surface area (Å²) in [6.45, 7) is 7.79. The number of aryl methyl sites for hydroxylation is 1. The van der Waals surface area contributed by atoms with Gasteiger partial charge in [-0.2, -0.15) is 5.10 Å². The second-order valence-corrected chi connectivity index (χ2v) is 6.28. The molecule has 7 heteroatoms. The number of hydrogen-bond acceptors (Lipinski definition) is 3. The van der Waals surface area contributed by atoms with Crippen LogP contribution >= 0.6 is 0 Å². The fraction of sp³-hybridized carbons (Fsp3) is 0.474. The zero-order valence-electron chi connectivity index (χ0n) is 15.3. The van der Waals surface area contributed by atoms with Gasteiger partial charge in [0.2, 0.25) is 0 Å². The maximum atomic E-state index is 14.0. The second-order valence-electron chi connectivity index (χ2n) is 6.28. The number of piperazine rings is 1. The first-order valence-corrected chi connectivity index (χ1v) is 9.28. The van der Waals surface area contributed by atoms with Gasteiger partial charge in [0, 0.05) is 58.2 Å². The maximum Gasteiger partial charge on any atom is 0.194 e. The summed E-state index contributed by atoms with van der Waals surface area (Å²) in [5, 5.41) is 7.58. The molecule has 0 unspecified atom stereocenters. The molecule has 3 rings (SSSR count). The summed E-state index contributed by atoms with van der Waals surface area (Å²) < 4.78 is 15.9. The molecular weight excluding hydrogens is 331 g/mol. The SMILES string of the molecule is CCNC(=NCCCn1cccn1)N1CCN(c2ccccc2F)CC1. The van der Waals surface area contributed by atoms with Crippen molar-refractivity contribution >= 4 is 11.6 Å². The normalized spacial score (nSPS) is 15.4. The van der Waals surface area contributed by atoms with Gasteiger partial charge in [-0.15, -0.1) is 0 Å². The van der Waals surface area contributed by atoms with E-state index < -0.39 is 0 Å². The average molecular weight is 358 g/mol. The molecule has 0 bridgehead atoms. The van der Waals surface area contributed by atoms with Crippen LogP contribution in [-0.4, -0.2) is 59.9 Å². The van der Waals surface area contributed by atoms with Crippen molar-refractivity contribution in [1.29, 1.82) is 0 Å². The lowest BCUT2D eigenvalue weighted by Gasteiger charge is -2.37. The van der Waals surface area contributed by atoms with E-state index in [1.165, 1.54) is 6.07 Å². The molecule has 1 saturated heterocycles. The summed E-state index contributed by atoms with van der Waals surface area (Å²) in [5.74, 6) is 0.793. The van der Waals surface area contributed by atoms with Crippen LogP contribution in [0.2, 0.25) is 0 Å². The molecule has 26 heavy (non-hydrogen) atoms. The summed E-state index contributed by atoms with van der Waals surface area (Å²) in [6, 6.07) is 8.92. The molecule has 1 aromatic heterocycles. The molecule has 2 heterocycles. The number of para-hydroxylation sites is 1. The van der Waals surface area contributed by atoms with Gasteiger partial charge in [-0.3, -0.25) is 9.67 Å². The Morgan fingerprint density at radius 2 is 2.00 bits per heavy atom. The van der Waals surface area contributed by atoms with Gasteiger partial charge in [-0.1, -0.05) is 12.1 Å². The number of guanidine groups is 1. The van der Waals surface area contributed by atoms with Crippen LogP contribution in [0.3, 0.4) is 0 Å². The smallest absolute Gasteiger partial charge is 0.194 e. The fourth-order valence-electron chi connectivity index (χ4n) is 3.14. The number of halogens is 1. The van der Waals surface area contributed by atoms with Crippen LogP contribution in [0.1, 0.15) is 13.3 Å². The standard InChI is InChI=1S/C19H27FN6/c1-2-21-19(22-9-5-11-26-12-6-10-23-26)25-15-13-24(14-16-25)18-8-4-3-7-17(18)20/h3-4,6-8,10,12H,2,5,9,11,13-16H2,1H3,(H,21,22). The van der Waals surface area contributed by atoms with E-state index >= 15 is 0 Å². The highest BCUT2D eigenvalue weighted by molar-refractivity contribution is 5.80. The summed E-state index contributed by atoms with van der Waals surface area (Å²) in [7, 11) is 0. The monoisotopic (exact) mass is 358 g/mol. The van der Waals surface area contributed by atoms with Crippen LogP contribution in [0.4, 0.5) is 10.1 Å². The lowest BCUT2D eigenvalue weighted by Crippen LogP contribution is -2.52. The molecule has 1 aliphatic rings. The molecule has 0 spiro atoms. The average Bonchev–Trinajstić information content (AvgIpc) is 3.18. The highest BCUT2D eigenvalue weighted by Crippen LogP contribution is 2.20. The Morgan fingerprint density at radius 3 is 2.69 bits per heavy atom. The van der Waals surface area contributed by atoms with Gasteiger partial charge in [0.1, 0.15) is 5.82 Å². The third-order valence-corrected chi connectivity index (χ3v) is 4.47. The quantitative estimate of drug-likeness (QED) is 0.489. The number of aliphatic imine (C=N–C) groups is 1. The molecule has 1 aromatic carbocycles. The predicted octanol–water partition coefficient (Wildman–Crippen LogP) is 2.20. The number of anilines is 1. The highest BCUT2D eigenvalue weighted by atomic mass is 19.1. The van der Waals surface area contributed by atoms with Gasteiger partial charge < -0.3 is 15.1 Å². The van der Waals surface area contributed by atoms with Crippen molar-refractivity contribution in [2.24, 2.45) is 4.99 Å². The van der Waals surface area contributed by atoms with E-state index in [4.69, 9.17) is 4.99 Å². The van der Waals surface area contributed by atoms with Crippen molar-refractivity contribution in [2.45, 2.75) is 19.9 Å². The van der Waals surface area contributed by atoms with Crippen molar-refractivity contribution in [3.05, 3.63) is 48.5 Å². The van der Waals surface area contributed by atoms with E-state index in [-0.39, 0.29) is 5.82 Å². The lowest BCUT2D eigenvalue weighted by molar-refractivity contribution is 0.370. The number of aromatic nitrogens is 2. The van der Waals surface area contributed by atoms with E-state index in [0.717, 1.165) is 58.2 Å². The number of hydrogen-bond donors (Lipinski definition) is 1. The third-order valence-electron chi connectivity index (χ3n) is 4.47.